The number of piperazine rings is 1. The number of halogens is 6. The van der Waals surface area contributed by atoms with Gasteiger partial charge in [0.1, 0.15) is 0 Å². The van der Waals surface area contributed by atoms with Crippen LogP contribution in [0.15, 0.2) is 0 Å². The lowest BCUT2D eigenvalue weighted by atomic mass is 9.86. The third-order valence-corrected chi connectivity index (χ3v) is 5.30. The molecule has 1 aliphatic carbocycles. The lowest BCUT2D eigenvalue weighted by molar-refractivity contribution is -0.193. The summed E-state index contributed by atoms with van der Waals surface area (Å²) in [5, 5.41) is 23.8. The van der Waals surface area contributed by atoms with E-state index < -0.39 is 24.3 Å². The van der Waals surface area contributed by atoms with Gasteiger partial charge in [0.2, 0.25) is 0 Å². The number of carbonyl (C=O) groups is 2. The van der Waals surface area contributed by atoms with Crippen LogP contribution < -0.4 is 0 Å². The minimum atomic E-state index is -5.08. The molecule has 7 nitrogen and oxygen atoms in total. The Morgan fingerprint density at radius 1 is 0.906 bits per heavy atom. The molecule has 190 valence electrons. The smallest absolute Gasteiger partial charge is 0.475 e. The van der Waals surface area contributed by atoms with Gasteiger partial charge in [-0.3, -0.25) is 4.90 Å². The maximum absolute atomic E-state index is 10.6. The van der Waals surface area contributed by atoms with Crippen LogP contribution in [0, 0.1) is 11.8 Å². The first-order valence-corrected chi connectivity index (χ1v) is 10.2. The maximum atomic E-state index is 10.6. The van der Waals surface area contributed by atoms with Gasteiger partial charge in [-0.15, -0.1) is 0 Å². The molecule has 2 aliphatic rings. The van der Waals surface area contributed by atoms with Crippen LogP contribution in [0.3, 0.4) is 0 Å². The van der Waals surface area contributed by atoms with Crippen molar-refractivity contribution in [1.82, 2.24) is 9.80 Å². The van der Waals surface area contributed by atoms with Gasteiger partial charge in [0.05, 0.1) is 6.10 Å². The van der Waals surface area contributed by atoms with Crippen LogP contribution in [0.25, 0.3) is 0 Å². The third kappa shape index (κ3) is 12.4. The molecular weight excluding hydrogens is 450 g/mol. The van der Waals surface area contributed by atoms with E-state index in [9.17, 15) is 31.4 Å². The molecule has 3 N–H and O–H groups in total. The normalized spacial score (nSPS) is 25.3. The average molecular weight is 482 g/mol. The van der Waals surface area contributed by atoms with Gasteiger partial charge < -0.3 is 20.2 Å². The molecule has 1 saturated carbocycles. The van der Waals surface area contributed by atoms with E-state index in [2.05, 4.69) is 30.7 Å². The van der Waals surface area contributed by atoms with Crippen molar-refractivity contribution in [2.45, 2.75) is 64.0 Å². The topological polar surface area (TPSA) is 101 Å². The first kappa shape index (κ1) is 30.4. The van der Waals surface area contributed by atoms with Gasteiger partial charge in [0, 0.05) is 32.2 Å². The number of aliphatic carboxylic acids is 2. The molecule has 0 aromatic heterocycles. The minimum absolute atomic E-state index is 0.0189. The predicted molar refractivity (Wildman–Crippen MR) is 103 cm³/mol. The Labute approximate surface area is 183 Å². The number of hydrogen-bond acceptors (Lipinski definition) is 5. The second kappa shape index (κ2) is 13.2. The van der Waals surface area contributed by atoms with Crippen molar-refractivity contribution in [2.24, 2.45) is 11.8 Å². The molecule has 0 bridgehead atoms. The number of rotatable bonds is 3. The molecule has 1 heterocycles. The van der Waals surface area contributed by atoms with E-state index in [4.69, 9.17) is 19.8 Å². The van der Waals surface area contributed by atoms with Gasteiger partial charge in [-0.2, -0.15) is 26.3 Å². The van der Waals surface area contributed by atoms with Gasteiger partial charge in [0.25, 0.3) is 0 Å². The average Bonchev–Trinajstić information content (AvgIpc) is 2.64. The molecule has 1 aliphatic heterocycles. The standard InChI is InChI=1S/C15H30N2O.2C2HF3O2/c1-12(2)15-11-16(3)8-9-17(15)10-13-4-6-14(18)7-5-13;2*3-2(4,5)1(6)7/h12-15,18H,4-11H2,1-3H3;2*(H,6,7)/t13?,14?,15-;;/m1../s1. The first-order valence-electron chi connectivity index (χ1n) is 10.2. The second-order valence-corrected chi connectivity index (χ2v) is 8.35. The zero-order valence-corrected chi connectivity index (χ0v) is 18.3. The van der Waals surface area contributed by atoms with Crippen LogP contribution >= 0.6 is 0 Å². The summed E-state index contributed by atoms with van der Waals surface area (Å²) in [7, 11) is 2.24. The number of aliphatic hydroxyl groups is 1. The number of alkyl halides is 6. The van der Waals surface area contributed by atoms with E-state index in [1.807, 2.05) is 0 Å². The number of carboxylic acids is 2. The summed E-state index contributed by atoms with van der Waals surface area (Å²) < 4.78 is 63.5. The predicted octanol–water partition coefficient (Wildman–Crippen LogP) is 3.08. The second-order valence-electron chi connectivity index (χ2n) is 8.35. The van der Waals surface area contributed by atoms with Crippen molar-refractivity contribution in [1.29, 1.82) is 0 Å². The largest absolute Gasteiger partial charge is 0.490 e. The number of hydrogen-bond donors (Lipinski definition) is 3. The van der Waals surface area contributed by atoms with Crippen LogP contribution in [0.2, 0.25) is 0 Å². The Balaban J connectivity index is 0.000000570. The van der Waals surface area contributed by atoms with Crippen molar-refractivity contribution in [3.63, 3.8) is 0 Å². The number of nitrogens with zero attached hydrogens (tertiary/aromatic N) is 2. The highest BCUT2D eigenvalue weighted by atomic mass is 19.4. The highest BCUT2D eigenvalue weighted by Gasteiger charge is 2.39. The zero-order chi connectivity index (χ0) is 25.3. The molecule has 2 rings (SSSR count). The minimum Gasteiger partial charge on any atom is -0.475 e. The van der Waals surface area contributed by atoms with Crippen molar-refractivity contribution in [3.8, 4) is 0 Å². The van der Waals surface area contributed by atoms with Crippen LogP contribution in [0.1, 0.15) is 39.5 Å². The van der Waals surface area contributed by atoms with E-state index in [1.54, 1.807) is 0 Å². The fourth-order valence-electron chi connectivity index (χ4n) is 3.51. The van der Waals surface area contributed by atoms with Gasteiger partial charge in [-0.25, -0.2) is 9.59 Å². The van der Waals surface area contributed by atoms with Crippen molar-refractivity contribution in [3.05, 3.63) is 0 Å². The molecule has 0 spiro atoms. The number of carboxylic acid groups (broad SMARTS) is 2. The Kier molecular flexibility index (Phi) is 12.5. The fraction of sp³-hybridized carbons (Fsp3) is 0.895. The number of aliphatic hydroxyl groups excluding tert-OH is 1. The van der Waals surface area contributed by atoms with E-state index >= 15 is 0 Å². The Hall–Kier alpha value is -1.60. The molecule has 32 heavy (non-hydrogen) atoms. The summed E-state index contributed by atoms with van der Waals surface area (Å²) in [5.74, 6) is -3.96. The van der Waals surface area contributed by atoms with Gasteiger partial charge >= 0.3 is 24.3 Å². The molecule has 0 aromatic carbocycles. The molecule has 2 fully saturated rings. The van der Waals surface area contributed by atoms with Crippen molar-refractivity contribution in [2.75, 3.05) is 33.2 Å². The summed E-state index contributed by atoms with van der Waals surface area (Å²) in [6.45, 7) is 9.59. The van der Waals surface area contributed by atoms with Crippen LogP contribution in [0.5, 0.6) is 0 Å². The van der Waals surface area contributed by atoms with Crippen LogP contribution in [-0.2, 0) is 9.59 Å². The Morgan fingerprint density at radius 3 is 1.66 bits per heavy atom. The highest BCUT2D eigenvalue weighted by Crippen LogP contribution is 2.27. The van der Waals surface area contributed by atoms with Gasteiger partial charge in [0.15, 0.2) is 0 Å². The summed E-state index contributed by atoms with van der Waals surface area (Å²) in [4.78, 5) is 23.0. The molecule has 1 atom stereocenters. The zero-order valence-electron chi connectivity index (χ0n) is 18.3. The van der Waals surface area contributed by atoms with Crippen molar-refractivity contribution >= 4 is 11.9 Å². The fourth-order valence-corrected chi connectivity index (χ4v) is 3.51. The molecule has 0 amide bonds. The molecule has 1 saturated heterocycles. The Bertz CT molecular complexity index is 554. The first-order chi connectivity index (χ1) is 14.4. The summed E-state index contributed by atoms with van der Waals surface area (Å²) >= 11 is 0. The van der Waals surface area contributed by atoms with Crippen LogP contribution in [0.4, 0.5) is 26.3 Å². The Morgan fingerprint density at radius 2 is 1.31 bits per heavy atom. The lowest BCUT2D eigenvalue weighted by Gasteiger charge is -2.44. The monoisotopic (exact) mass is 482 g/mol. The van der Waals surface area contributed by atoms with Crippen molar-refractivity contribution < 1.29 is 51.3 Å². The summed E-state index contributed by atoms with van der Waals surface area (Å²) in [6.07, 6.45) is -5.71. The lowest BCUT2D eigenvalue weighted by Crippen LogP contribution is -2.55. The van der Waals surface area contributed by atoms with E-state index in [1.165, 1.54) is 39.0 Å². The van der Waals surface area contributed by atoms with Gasteiger partial charge in [-0.05, 0) is 44.6 Å². The molecule has 0 unspecified atom stereocenters. The van der Waals surface area contributed by atoms with E-state index in [0.29, 0.717) is 0 Å². The maximum Gasteiger partial charge on any atom is 0.490 e. The SMILES string of the molecule is CC(C)[C@H]1CN(C)CCN1CC1CCC(O)CC1.O=C(O)C(F)(F)F.O=C(O)C(F)(F)F. The van der Waals surface area contributed by atoms with Crippen LogP contribution in [-0.4, -0.2) is 94.8 Å². The molecule has 0 aromatic rings. The number of likely N-dealkylation sites (N-methyl/N-ethyl adjacent to an activating group) is 1. The summed E-state index contributed by atoms with van der Waals surface area (Å²) in [6, 6.07) is 0.718. The highest BCUT2D eigenvalue weighted by molar-refractivity contribution is 5.73. The summed E-state index contributed by atoms with van der Waals surface area (Å²) in [5.41, 5.74) is 0. The third-order valence-electron chi connectivity index (χ3n) is 5.30. The van der Waals surface area contributed by atoms with Gasteiger partial charge in [-0.1, -0.05) is 13.8 Å². The molecule has 13 heteroatoms. The van der Waals surface area contributed by atoms with E-state index in [-0.39, 0.29) is 6.10 Å². The molecular formula is C19H32F6N2O5. The van der Waals surface area contributed by atoms with E-state index in [0.717, 1.165) is 30.7 Å². The quantitative estimate of drug-likeness (QED) is 0.532. The molecule has 0 radical (unpaired) electrons.